The van der Waals surface area contributed by atoms with Gasteiger partial charge in [-0.25, -0.2) is 0 Å². The second kappa shape index (κ2) is 5.21. The van der Waals surface area contributed by atoms with Gasteiger partial charge in [0.25, 0.3) is 0 Å². The molecule has 0 N–H and O–H groups in total. The minimum Gasteiger partial charge on any atom is -0.496 e. The Labute approximate surface area is 102 Å². The van der Waals surface area contributed by atoms with Gasteiger partial charge in [-0.2, -0.15) is 0 Å². The molecule has 2 rings (SSSR count). The molecule has 0 radical (unpaired) electrons. The van der Waals surface area contributed by atoms with E-state index in [1.54, 1.807) is 7.11 Å². The van der Waals surface area contributed by atoms with Crippen LogP contribution in [0.3, 0.4) is 0 Å². The summed E-state index contributed by atoms with van der Waals surface area (Å²) >= 11 is 0. The lowest BCUT2D eigenvalue weighted by Gasteiger charge is -2.21. The Morgan fingerprint density at radius 1 is 1.29 bits per heavy atom. The van der Waals surface area contributed by atoms with Crippen molar-refractivity contribution >= 4 is 5.91 Å². The first-order valence-electron chi connectivity index (χ1n) is 6.15. The average molecular weight is 233 g/mol. The standard InChI is InChI=1S/C14H19NO2/c1-11(14(16)15-9-5-6-10-15)12-7-3-4-8-13(12)17-2/h3-4,7-8,11H,5-6,9-10H2,1-2H3. The van der Waals surface area contributed by atoms with Crippen LogP contribution < -0.4 is 4.74 Å². The number of hydrogen-bond donors (Lipinski definition) is 0. The van der Waals surface area contributed by atoms with Gasteiger partial charge in [0.1, 0.15) is 5.75 Å². The number of benzene rings is 1. The Bertz CT molecular complexity index is 397. The van der Waals surface area contributed by atoms with E-state index in [1.165, 1.54) is 0 Å². The predicted molar refractivity (Wildman–Crippen MR) is 67.2 cm³/mol. The molecule has 1 unspecified atom stereocenters. The van der Waals surface area contributed by atoms with Gasteiger partial charge in [-0.05, 0) is 25.8 Å². The topological polar surface area (TPSA) is 29.5 Å². The molecule has 1 aromatic rings. The van der Waals surface area contributed by atoms with Crippen molar-refractivity contribution in [2.24, 2.45) is 0 Å². The summed E-state index contributed by atoms with van der Waals surface area (Å²) in [6.07, 6.45) is 2.26. The molecule has 1 atom stereocenters. The van der Waals surface area contributed by atoms with E-state index in [0.29, 0.717) is 0 Å². The van der Waals surface area contributed by atoms with Crippen molar-refractivity contribution < 1.29 is 9.53 Å². The molecular formula is C14H19NO2. The molecule has 1 aliphatic heterocycles. The van der Waals surface area contributed by atoms with Crippen LogP contribution in [0.15, 0.2) is 24.3 Å². The number of ether oxygens (including phenoxy) is 1. The van der Waals surface area contributed by atoms with E-state index >= 15 is 0 Å². The lowest BCUT2D eigenvalue weighted by Crippen LogP contribution is -2.31. The number of carbonyl (C=O) groups excluding carboxylic acids is 1. The number of hydrogen-bond acceptors (Lipinski definition) is 2. The first-order chi connectivity index (χ1) is 8.24. The lowest BCUT2D eigenvalue weighted by molar-refractivity contribution is -0.131. The third kappa shape index (κ3) is 2.43. The van der Waals surface area contributed by atoms with E-state index < -0.39 is 0 Å². The van der Waals surface area contributed by atoms with Crippen LogP contribution in [0.5, 0.6) is 5.75 Å². The van der Waals surface area contributed by atoms with Crippen molar-refractivity contribution in [3.8, 4) is 5.75 Å². The Morgan fingerprint density at radius 2 is 1.94 bits per heavy atom. The Morgan fingerprint density at radius 3 is 2.59 bits per heavy atom. The fraction of sp³-hybridized carbons (Fsp3) is 0.500. The molecule has 1 amide bonds. The normalized spacial score (nSPS) is 16.9. The van der Waals surface area contributed by atoms with E-state index in [4.69, 9.17) is 4.74 Å². The van der Waals surface area contributed by atoms with Crippen LogP contribution in [0.4, 0.5) is 0 Å². The highest BCUT2D eigenvalue weighted by Gasteiger charge is 2.25. The van der Waals surface area contributed by atoms with Crippen molar-refractivity contribution in [1.82, 2.24) is 4.90 Å². The average Bonchev–Trinajstić information content (AvgIpc) is 2.90. The molecule has 0 aliphatic carbocycles. The van der Waals surface area contributed by atoms with Crippen molar-refractivity contribution in [3.05, 3.63) is 29.8 Å². The molecule has 0 aromatic heterocycles. The predicted octanol–water partition coefficient (Wildman–Crippen LogP) is 2.42. The molecule has 0 spiro atoms. The molecule has 1 fully saturated rings. The van der Waals surface area contributed by atoms with Crippen LogP contribution in [-0.4, -0.2) is 31.0 Å². The summed E-state index contributed by atoms with van der Waals surface area (Å²) in [4.78, 5) is 14.2. The minimum absolute atomic E-state index is 0.121. The number of amides is 1. The molecule has 3 nitrogen and oxygen atoms in total. The summed E-state index contributed by atoms with van der Waals surface area (Å²) in [6, 6.07) is 7.75. The van der Waals surface area contributed by atoms with Crippen LogP contribution in [0.1, 0.15) is 31.2 Å². The molecule has 1 heterocycles. The van der Waals surface area contributed by atoms with Crippen molar-refractivity contribution in [1.29, 1.82) is 0 Å². The van der Waals surface area contributed by atoms with Gasteiger partial charge < -0.3 is 9.64 Å². The molecule has 17 heavy (non-hydrogen) atoms. The van der Waals surface area contributed by atoms with Gasteiger partial charge in [-0.1, -0.05) is 18.2 Å². The lowest BCUT2D eigenvalue weighted by atomic mass is 9.99. The SMILES string of the molecule is COc1ccccc1C(C)C(=O)N1CCCC1. The zero-order valence-corrected chi connectivity index (χ0v) is 10.5. The smallest absolute Gasteiger partial charge is 0.229 e. The van der Waals surface area contributed by atoms with Crippen LogP contribution in [-0.2, 0) is 4.79 Å². The highest BCUT2D eigenvalue weighted by atomic mass is 16.5. The zero-order valence-electron chi connectivity index (χ0n) is 10.5. The molecule has 92 valence electrons. The number of rotatable bonds is 3. The summed E-state index contributed by atoms with van der Waals surface area (Å²) in [5.41, 5.74) is 0.979. The van der Waals surface area contributed by atoms with Gasteiger partial charge >= 0.3 is 0 Å². The summed E-state index contributed by atoms with van der Waals surface area (Å²) < 4.78 is 5.31. The Hall–Kier alpha value is -1.51. The van der Waals surface area contributed by atoms with Crippen LogP contribution >= 0.6 is 0 Å². The molecule has 1 aromatic carbocycles. The Kier molecular flexibility index (Phi) is 3.67. The maximum absolute atomic E-state index is 12.3. The molecule has 0 bridgehead atoms. The van der Waals surface area contributed by atoms with Crippen molar-refractivity contribution in [3.63, 3.8) is 0 Å². The molecule has 0 saturated carbocycles. The van der Waals surface area contributed by atoms with Crippen LogP contribution in [0, 0.1) is 0 Å². The fourth-order valence-corrected chi connectivity index (χ4v) is 2.37. The number of carbonyl (C=O) groups is 1. The fourth-order valence-electron chi connectivity index (χ4n) is 2.37. The molecule has 1 saturated heterocycles. The number of likely N-dealkylation sites (tertiary alicyclic amines) is 1. The van der Waals surface area contributed by atoms with E-state index in [9.17, 15) is 4.79 Å². The first-order valence-corrected chi connectivity index (χ1v) is 6.15. The quantitative estimate of drug-likeness (QED) is 0.802. The zero-order chi connectivity index (χ0) is 12.3. The summed E-state index contributed by atoms with van der Waals surface area (Å²) in [5.74, 6) is 0.892. The highest BCUT2D eigenvalue weighted by Crippen LogP contribution is 2.28. The van der Waals surface area contributed by atoms with Gasteiger partial charge in [0.15, 0.2) is 0 Å². The third-order valence-electron chi connectivity index (χ3n) is 3.39. The molecule has 3 heteroatoms. The van der Waals surface area contributed by atoms with E-state index in [0.717, 1.165) is 37.2 Å². The maximum Gasteiger partial charge on any atom is 0.229 e. The summed E-state index contributed by atoms with van der Waals surface area (Å²) in [7, 11) is 1.64. The second-order valence-corrected chi connectivity index (χ2v) is 4.50. The largest absolute Gasteiger partial charge is 0.496 e. The van der Waals surface area contributed by atoms with E-state index in [2.05, 4.69) is 0 Å². The summed E-state index contributed by atoms with van der Waals surface area (Å²) in [6.45, 7) is 3.76. The van der Waals surface area contributed by atoms with Crippen LogP contribution in [0.2, 0.25) is 0 Å². The van der Waals surface area contributed by atoms with Gasteiger partial charge in [0.05, 0.1) is 13.0 Å². The van der Waals surface area contributed by atoms with Crippen LogP contribution in [0.25, 0.3) is 0 Å². The molecule has 1 aliphatic rings. The monoisotopic (exact) mass is 233 g/mol. The highest BCUT2D eigenvalue weighted by molar-refractivity contribution is 5.84. The third-order valence-corrected chi connectivity index (χ3v) is 3.39. The van der Waals surface area contributed by atoms with E-state index in [1.807, 2.05) is 36.1 Å². The van der Waals surface area contributed by atoms with Gasteiger partial charge in [-0.3, -0.25) is 4.79 Å². The van der Waals surface area contributed by atoms with Gasteiger partial charge in [-0.15, -0.1) is 0 Å². The maximum atomic E-state index is 12.3. The molecular weight excluding hydrogens is 214 g/mol. The van der Waals surface area contributed by atoms with Gasteiger partial charge in [0, 0.05) is 18.7 Å². The number of para-hydroxylation sites is 1. The minimum atomic E-state index is -0.121. The first kappa shape index (κ1) is 12.0. The second-order valence-electron chi connectivity index (χ2n) is 4.50. The van der Waals surface area contributed by atoms with Crippen molar-refractivity contribution in [2.75, 3.05) is 20.2 Å². The number of methoxy groups -OCH3 is 1. The number of nitrogens with zero attached hydrogens (tertiary/aromatic N) is 1. The van der Waals surface area contributed by atoms with Crippen molar-refractivity contribution in [2.45, 2.75) is 25.7 Å². The summed E-state index contributed by atoms with van der Waals surface area (Å²) in [5, 5.41) is 0. The van der Waals surface area contributed by atoms with E-state index in [-0.39, 0.29) is 11.8 Å². The van der Waals surface area contributed by atoms with Gasteiger partial charge in [0.2, 0.25) is 5.91 Å². The Balaban J connectivity index is 2.17.